The quantitative estimate of drug-likeness (QED) is 0.575. The molecule has 0 radical (unpaired) electrons. The normalized spacial score (nSPS) is 20.5. The molecule has 0 saturated carbocycles. The number of para-hydroxylation sites is 1. The molecule has 2 aromatic heterocycles. The first-order valence-corrected chi connectivity index (χ1v) is 13.3. The second kappa shape index (κ2) is 10.8. The van der Waals surface area contributed by atoms with Crippen LogP contribution in [0.15, 0.2) is 54.7 Å². The number of pyridine rings is 1. The molecule has 4 heterocycles. The van der Waals surface area contributed by atoms with E-state index in [1.165, 1.54) is 0 Å². The van der Waals surface area contributed by atoms with Gasteiger partial charge in [-0.25, -0.2) is 0 Å². The number of amides is 2. The lowest BCUT2D eigenvalue weighted by molar-refractivity contribution is -0.116. The number of fused-ring (bicyclic) bond motifs is 3. The number of hydrogen-bond donors (Lipinski definition) is 1. The minimum absolute atomic E-state index is 0.0178. The molecule has 2 aliphatic rings. The number of H-pyrrole nitrogens is 1. The summed E-state index contributed by atoms with van der Waals surface area (Å²) in [7, 11) is 0. The summed E-state index contributed by atoms with van der Waals surface area (Å²) in [6, 6.07) is 16.4. The summed E-state index contributed by atoms with van der Waals surface area (Å²) >= 11 is 0. The Morgan fingerprint density at radius 2 is 1.84 bits per heavy atom. The number of nitrogens with one attached hydrogen (secondary N) is 1. The lowest BCUT2D eigenvalue weighted by atomic mass is 10.1. The van der Waals surface area contributed by atoms with Gasteiger partial charge >= 0.3 is 0 Å². The zero-order valence-electron chi connectivity index (χ0n) is 21.9. The Labute approximate surface area is 218 Å². The zero-order chi connectivity index (χ0) is 25.9. The Kier molecular flexibility index (Phi) is 7.37. The fraction of sp³-hybridized carbons (Fsp3) is 0.448. The minimum atomic E-state index is -0.0900. The maximum Gasteiger partial charge on any atom is 0.274 e. The molecule has 5 rings (SSSR count). The van der Waals surface area contributed by atoms with E-state index in [1.54, 1.807) is 6.92 Å². The number of aromatic amines is 1. The van der Waals surface area contributed by atoms with Gasteiger partial charge in [-0.15, -0.1) is 0 Å². The van der Waals surface area contributed by atoms with Gasteiger partial charge in [-0.2, -0.15) is 5.10 Å². The summed E-state index contributed by atoms with van der Waals surface area (Å²) in [4.78, 5) is 37.6. The van der Waals surface area contributed by atoms with Gasteiger partial charge in [0.1, 0.15) is 5.69 Å². The lowest BCUT2D eigenvalue weighted by Crippen LogP contribution is -2.45. The first-order chi connectivity index (χ1) is 17.9. The summed E-state index contributed by atoms with van der Waals surface area (Å²) in [5.41, 5.74) is 4.26. The van der Waals surface area contributed by atoms with Crippen LogP contribution in [0.1, 0.15) is 73.4 Å². The highest BCUT2D eigenvalue weighted by Crippen LogP contribution is 2.32. The summed E-state index contributed by atoms with van der Waals surface area (Å²) in [6.45, 7) is 8.17. The van der Waals surface area contributed by atoms with Crippen LogP contribution in [-0.2, 0) is 17.9 Å². The predicted octanol–water partition coefficient (Wildman–Crippen LogP) is 4.36. The van der Waals surface area contributed by atoms with Crippen molar-refractivity contribution in [2.24, 2.45) is 0 Å². The largest absolute Gasteiger partial charge is 0.331 e. The summed E-state index contributed by atoms with van der Waals surface area (Å²) in [5.74, 6) is 0.183. The van der Waals surface area contributed by atoms with Gasteiger partial charge in [0.15, 0.2) is 0 Å². The van der Waals surface area contributed by atoms with E-state index < -0.39 is 0 Å². The van der Waals surface area contributed by atoms with Crippen molar-refractivity contribution in [2.75, 3.05) is 18.0 Å². The number of benzene rings is 1. The van der Waals surface area contributed by atoms with Crippen LogP contribution in [0.4, 0.5) is 5.69 Å². The van der Waals surface area contributed by atoms with E-state index in [4.69, 9.17) is 0 Å². The molecule has 0 spiro atoms. The molecule has 0 aliphatic carbocycles. The summed E-state index contributed by atoms with van der Waals surface area (Å²) < 4.78 is 0. The molecule has 3 aromatic rings. The first kappa shape index (κ1) is 25.1. The fourth-order valence-corrected chi connectivity index (χ4v) is 5.67. The van der Waals surface area contributed by atoms with Crippen LogP contribution >= 0.6 is 0 Å². The average Bonchev–Trinajstić information content (AvgIpc) is 3.52. The maximum absolute atomic E-state index is 13.9. The first-order valence-electron chi connectivity index (χ1n) is 13.3. The van der Waals surface area contributed by atoms with E-state index in [-0.39, 0.29) is 23.8 Å². The Morgan fingerprint density at radius 1 is 1.05 bits per heavy atom. The molecule has 1 saturated heterocycles. The lowest BCUT2D eigenvalue weighted by Gasteiger charge is -2.33. The Morgan fingerprint density at radius 3 is 2.57 bits per heavy atom. The van der Waals surface area contributed by atoms with E-state index in [9.17, 15) is 9.59 Å². The van der Waals surface area contributed by atoms with Crippen LogP contribution in [0, 0.1) is 0 Å². The van der Waals surface area contributed by atoms with Crippen molar-refractivity contribution in [2.45, 2.75) is 71.1 Å². The number of carbonyl (C=O) groups excluding carboxylic acids is 2. The number of aromatic nitrogens is 3. The smallest absolute Gasteiger partial charge is 0.274 e. The van der Waals surface area contributed by atoms with E-state index in [0.29, 0.717) is 31.4 Å². The highest BCUT2D eigenvalue weighted by molar-refractivity contribution is 5.94. The predicted molar refractivity (Wildman–Crippen MR) is 143 cm³/mol. The second-order valence-electron chi connectivity index (χ2n) is 10.5. The van der Waals surface area contributed by atoms with Gasteiger partial charge in [-0.3, -0.25) is 24.6 Å². The molecule has 2 amide bonds. The van der Waals surface area contributed by atoms with Crippen molar-refractivity contribution in [1.29, 1.82) is 0 Å². The highest BCUT2D eigenvalue weighted by Gasteiger charge is 2.37. The Balaban J connectivity index is 1.53. The molecule has 2 bridgehead atoms. The standard InChI is InChI=1S/C29H36N6O2/c1-20(2)26-16-27(32-31-26)29(37)33-17-22-8-4-5-10-28(22)34(21(3)36)15-13-24-11-12-25(19-33)35(24)18-23-9-6-7-14-30-23/h4-10,14,16,20,24-25H,11-13,15,17-19H2,1-3H3,(H,31,32)/t24-,25+/m0/s1. The molecule has 194 valence electrons. The van der Waals surface area contributed by atoms with Gasteiger partial charge in [0.2, 0.25) is 5.91 Å². The van der Waals surface area contributed by atoms with Crippen LogP contribution in [-0.4, -0.2) is 62.0 Å². The number of carbonyl (C=O) groups is 2. The topological polar surface area (TPSA) is 85.4 Å². The van der Waals surface area contributed by atoms with E-state index in [2.05, 4.69) is 40.0 Å². The molecule has 1 N–H and O–H groups in total. The third-order valence-corrected chi connectivity index (χ3v) is 7.71. The Bertz CT molecular complexity index is 1240. The number of anilines is 1. The Hall–Kier alpha value is -3.52. The van der Waals surface area contributed by atoms with Crippen LogP contribution in [0.3, 0.4) is 0 Å². The van der Waals surface area contributed by atoms with E-state index in [1.807, 2.05) is 58.5 Å². The molecular weight excluding hydrogens is 464 g/mol. The van der Waals surface area contributed by atoms with E-state index >= 15 is 0 Å². The van der Waals surface area contributed by atoms with Gasteiger partial charge in [-0.05, 0) is 55.0 Å². The van der Waals surface area contributed by atoms with Crippen molar-refractivity contribution >= 4 is 17.5 Å². The zero-order valence-corrected chi connectivity index (χ0v) is 21.9. The third-order valence-electron chi connectivity index (χ3n) is 7.71. The molecular formula is C29H36N6O2. The molecule has 8 nitrogen and oxygen atoms in total. The number of rotatable bonds is 4. The van der Waals surface area contributed by atoms with Crippen molar-refractivity contribution in [3.63, 3.8) is 0 Å². The molecule has 1 fully saturated rings. The second-order valence-corrected chi connectivity index (χ2v) is 10.5. The minimum Gasteiger partial charge on any atom is -0.331 e. The molecule has 2 atom stereocenters. The fourth-order valence-electron chi connectivity index (χ4n) is 5.67. The van der Waals surface area contributed by atoms with E-state index in [0.717, 1.165) is 48.4 Å². The third kappa shape index (κ3) is 5.44. The maximum atomic E-state index is 13.9. The number of nitrogens with zero attached hydrogens (tertiary/aromatic N) is 5. The van der Waals surface area contributed by atoms with Crippen LogP contribution in [0.2, 0.25) is 0 Å². The van der Waals surface area contributed by atoms with Gasteiger partial charge in [-0.1, -0.05) is 38.1 Å². The highest BCUT2D eigenvalue weighted by atomic mass is 16.2. The molecule has 0 unspecified atom stereocenters. The van der Waals surface area contributed by atoms with Crippen molar-refractivity contribution in [1.82, 2.24) is 25.0 Å². The number of hydrogen-bond acceptors (Lipinski definition) is 5. The van der Waals surface area contributed by atoms with Crippen molar-refractivity contribution in [3.05, 3.63) is 77.4 Å². The summed E-state index contributed by atoms with van der Waals surface area (Å²) in [5, 5.41) is 7.40. The van der Waals surface area contributed by atoms with Crippen LogP contribution < -0.4 is 4.90 Å². The summed E-state index contributed by atoms with van der Waals surface area (Å²) in [6.07, 6.45) is 4.74. The van der Waals surface area contributed by atoms with Crippen molar-refractivity contribution in [3.8, 4) is 0 Å². The van der Waals surface area contributed by atoms with Gasteiger partial charge in [0.25, 0.3) is 5.91 Å². The van der Waals surface area contributed by atoms with Gasteiger partial charge < -0.3 is 9.80 Å². The van der Waals surface area contributed by atoms with Gasteiger partial charge in [0, 0.05) is 62.8 Å². The molecule has 2 aliphatic heterocycles. The molecule has 8 heteroatoms. The van der Waals surface area contributed by atoms with Crippen molar-refractivity contribution < 1.29 is 9.59 Å². The monoisotopic (exact) mass is 500 g/mol. The van der Waals surface area contributed by atoms with Crippen LogP contribution in [0.5, 0.6) is 0 Å². The average molecular weight is 501 g/mol. The molecule has 1 aromatic carbocycles. The van der Waals surface area contributed by atoms with Crippen LogP contribution in [0.25, 0.3) is 0 Å². The molecule has 37 heavy (non-hydrogen) atoms. The SMILES string of the molecule is CC(=O)N1CC[C@@H]2CC[C@H](CN(C(=O)c3cc(C(C)C)[nH]n3)Cc3ccccc31)N2Cc1ccccn1. The van der Waals surface area contributed by atoms with Gasteiger partial charge in [0.05, 0.1) is 5.69 Å².